The average molecular weight is 363 g/mol. The highest BCUT2D eigenvalue weighted by atomic mass is 16.3. The van der Waals surface area contributed by atoms with Crippen LogP contribution in [0.1, 0.15) is 29.6 Å². The van der Waals surface area contributed by atoms with Crippen molar-refractivity contribution in [2.45, 2.75) is 19.3 Å². The lowest BCUT2D eigenvalue weighted by molar-refractivity contribution is 0.112. The van der Waals surface area contributed by atoms with Gasteiger partial charge in [-0.05, 0) is 43.4 Å². The minimum Gasteiger partial charge on any atom is -0.396 e. The highest BCUT2D eigenvalue weighted by Crippen LogP contribution is 2.35. The third-order valence-corrected chi connectivity index (χ3v) is 5.38. The van der Waals surface area contributed by atoms with Crippen molar-refractivity contribution >= 4 is 23.0 Å². The van der Waals surface area contributed by atoms with Gasteiger partial charge in [-0.1, -0.05) is 36.4 Å². The molecule has 3 aromatic rings. The van der Waals surface area contributed by atoms with Crippen molar-refractivity contribution in [1.29, 1.82) is 0 Å². The van der Waals surface area contributed by atoms with Crippen LogP contribution < -0.4 is 10.4 Å². The summed E-state index contributed by atoms with van der Waals surface area (Å²) >= 11 is 0. The van der Waals surface area contributed by atoms with Crippen LogP contribution in [0.3, 0.4) is 0 Å². The molecule has 0 radical (unpaired) electrons. The van der Waals surface area contributed by atoms with Gasteiger partial charge in [0.15, 0.2) is 6.29 Å². The summed E-state index contributed by atoms with van der Waals surface area (Å²) < 4.78 is 2.17. The van der Waals surface area contributed by atoms with Crippen LogP contribution in [-0.2, 0) is 0 Å². The molecule has 4 rings (SSSR count). The first-order chi connectivity index (χ1) is 13.3. The number of hydrazine groups is 1. The number of aromatic nitrogens is 1. The first kappa shape index (κ1) is 17.8. The predicted molar refractivity (Wildman–Crippen MR) is 108 cm³/mol. The van der Waals surface area contributed by atoms with Gasteiger partial charge in [0.1, 0.15) is 5.82 Å². The van der Waals surface area contributed by atoms with Crippen molar-refractivity contribution in [3.8, 4) is 5.69 Å². The third-order valence-electron chi connectivity index (χ3n) is 5.38. The number of fused-ring (bicyclic) bond motifs is 1. The number of carbonyl (C=O) groups excluding carboxylic acids is 1. The molecule has 1 fully saturated rings. The van der Waals surface area contributed by atoms with Gasteiger partial charge in [-0.15, -0.1) is 0 Å². The van der Waals surface area contributed by atoms with Crippen molar-refractivity contribution in [3.63, 3.8) is 0 Å². The zero-order valence-corrected chi connectivity index (χ0v) is 15.3. The Morgan fingerprint density at radius 2 is 1.89 bits per heavy atom. The van der Waals surface area contributed by atoms with E-state index < -0.39 is 0 Å². The van der Waals surface area contributed by atoms with Crippen molar-refractivity contribution in [2.75, 3.05) is 24.7 Å². The SMILES string of the molecule is O=Cc1c(N2CCCC(CCO)CN2)n(-c2ccccc2)c2ccccc12. The summed E-state index contributed by atoms with van der Waals surface area (Å²) in [4.78, 5) is 12.1. The number of benzene rings is 2. The van der Waals surface area contributed by atoms with E-state index in [2.05, 4.69) is 33.2 Å². The van der Waals surface area contributed by atoms with E-state index in [0.717, 1.165) is 61.0 Å². The zero-order valence-electron chi connectivity index (χ0n) is 15.3. The maximum absolute atomic E-state index is 12.1. The fraction of sp³-hybridized carbons (Fsp3) is 0.318. The van der Waals surface area contributed by atoms with E-state index >= 15 is 0 Å². The largest absolute Gasteiger partial charge is 0.396 e. The van der Waals surface area contributed by atoms with E-state index in [0.29, 0.717) is 11.5 Å². The van der Waals surface area contributed by atoms with Crippen LogP contribution in [0.4, 0.5) is 5.82 Å². The second kappa shape index (κ2) is 7.94. The zero-order chi connectivity index (χ0) is 18.6. The maximum atomic E-state index is 12.1. The molecule has 1 saturated heterocycles. The van der Waals surface area contributed by atoms with Gasteiger partial charge in [0.2, 0.25) is 0 Å². The third kappa shape index (κ3) is 3.36. The number of nitrogens with zero attached hydrogens (tertiary/aromatic N) is 2. The van der Waals surface area contributed by atoms with Gasteiger partial charge >= 0.3 is 0 Å². The van der Waals surface area contributed by atoms with Crippen LogP contribution in [0.15, 0.2) is 54.6 Å². The van der Waals surface area contributed by atoms with Gasteiger partial charge in [-0.25, -0.2) is 5.43 Å². The van der Waals surface area contributed by atoms with Crippen molar-refractivity contribution in [2.24, 2.45) is 5.92 Å². The summed E-state index contributed by atoms with van der Waals surface area (Å²) in [6.07, 6.45) is 3.87. The second-order valence-electron chi connectivity index (χ2n) is 7.08. The highest BCUT2D eigenvalue weighted by Gasteiger charge is 2.25. The van der Waals surface area contributed by atoms with Gasteiger partial charge in [-0.3, -0.25) is 14.4 Å². The molecule has 2 aromatic carbocycles. The topological polar surface area (TPSA) is 57.5 Å². The smallest absolute Gasteiger partial charge is 0.154 e. The Balaban J connectivity index is 1.85. The highest BCUT2D eigenvalue weighted by molar-refractivity contribution is 6.05. The van der Waals surface area contributed by atoms with Crippen molar-refractivity contribution in [1.82, 2.24) is 9.99 Å². The fourth-order valence-electron chi connectivity index (χ4n) is 4.04. The minimum atomic E-state index is 0.218. The number of aliphatic hydroxyl groups is 1. The molecule has 1 aliphatic heterocycles. The molecule has 0 bridgehead atoms. The number of rotatable bonds is 5. The minimum absolute atomic E-state index is 0.218. The van der Waals surface area contributed by atoms with E-state index in [9.17, 15) is 9.90 Å². The Bertz CT molecular complexity index is 920. The predicted octanol–water partition coefficient (Wildman–Crippen LogP) is 3.55. The molecule has 5 heteroatoms. The monoisotopic (exact) mass is 363 g/mol. The van der Waals surface area contributed by atoms with Crippen LogP contribution in [0.2, 0.25) is 0 Å². The van der Waals surface area contributed by atoms with Gasteiger partial charge < -0.3 is 5.11 Å². The Hall–Kier alpha value is -2.63. The Kier molecular flexibility index (Phi) is 5.23. The van der Waals surface area contributed by atoms with Crippen LogP contribution >= 0.6 is 0 Å². The number of nitrogens with one attached hydrogen (secondary N) is 1. The fourth-order valence-corrected chi connectivity index (χ4v) is 4.04. The average Bonchev–Trinajstić information content (AvgIpc) is 2.87. The van der Waals surface area contributed by atoms with Gasteiger partial charge in [0.25, 0.3) is 0 Å². The van der Waals surface area contributed by atoms with Crippen molar-refractivity contribution < 1.29 is 9.90 Å². The lowest BCUT2D eigenvalue weighted by Crippen LogP contribution is -2.40. The number of para-hydroxylation sites is 2. The lowest BCUT2D eigenvalue weighted by atomic mass is 10.0. The molecule has 0 spiro atoms. The number of aliphatic hydroxyl groups excluding tert-OH is 1. The molecular formula is C22H25N3O2. The summed E-state index contributed by atoms with van der Waals surface area (Å²) in [6.45, 7) is 1.84. The molecule has 1 atom stereocenters. The molecule has 1 unspecified atom stereocenters. The van der Waals surface area contributed by atoms with E-state index in [1.807, 2.05) is 36.4 Å². The first-order valence-electron chi connectivity index (χ1n) is 9.59. The summed E-state index contributed by atoms with van der Waals surface area (Å²) in [5.41, 5.74) is 6.30. The normalized spacial score (nSPS) is 17.8. The van der Waals surface area contributed by atoms with Crippen LogP contribution in [0.25, 0.3) is 16.6 Å². The standard InChI is InChI=1S/C22H25N3O2/c26-14-12-17-7-6-13-24(23-15-17)22-20(16-27)19-10-4-5-11-21(19)25(22)18-8-2-1-3-9-18/h1-5,8-11,16-17,23,26H,6-7,12-15H2. The quantitative estimate of drug-likeness (QED) is 0.681. The van der Waals surface area contributed by atoms with Crippen LogP contribution in [0, 0.1) is 5.92 Å². The van der Waals surface area contributed by atoms with Crippen molar-refractivity contribution in [3.05, 3.63) is 60.2 Å². The molecule has 27 heavy (non-hydrogen) atoms. The van der Waals surface area contributed by atoms with E-state index in [-0.39, 0.29) is 6.61 Å². The number of hydrogen-bond donors (Lipinski definition) is 2. The number of hydrogen-bond acceptors (Lipinski definition) is 4. The van der Waals surface area contributed by atoms with E-state index in [4.69, 9.17) is 0 Å². The van der Waals surface area contributed by atoms with Crippen LogP contribution in [0.5, 0.6) is 0 Å². The number of aldehydes is 1. The molecular weight excluding hydrogens is 338 g/mol. The molecule has 0 aliphatic carbocycles. The molecule has 2 heterocycles. The number of anilines is 1. The number of carbonyl (C=O) groups is 1. The first-order valence-corrected chi connectivity index (χ1v) is 9.59. The summed E-state index contributed by atoms with van der Waals surface area (Å²) in [6, 6.07) is 18.2. The van der Waals surface area contributed by atoms with Gasteiger partial charge in [0.05, 0.1) is 11.1 Å². The lowest BCUT2D eigenvalue weighted by Gasteiger charge is -2.26. The molecule has 2 N–H and O–H groups in total. The maximum Gasteiger partial charge on any atom is 0.154 e. The molecule has 0 amide bonds. The Morgan fingerprint density at radius 1 is 1.11 bits per heavy atom. The van der Waals surface area contributed by atoms with Crippen LogP contribution in [-0.4, -0.2) is 35.7 Å². The molecule has 1 aromatic heterocycles. The van der Waals surface area contributed by atoms with E-state index in [1.165, 1.54) is 0 Å². The van der Waals surface area contributed by atoms with Gasteiger partial charge in [0, 0.05) is 30.8 Å². The van der Waals surface area contributed by atoms with Gasteiger partial charge in [-0.2, -0.15) is 0 Å². The summed E-state index contributed by atoms with van der Waals surface area (Å²) in [5.74, 6) is 1.34. The Labute approximate surface area is 159 Å². The summed E-state index contributed by atoms with van der Waals surface area (Å²) in [7, 11) is 0. The summed E-state index contributed by atoms with van der Waals surface area (Å²) in [5, 5.41) is 12.4. The Morgan fingerprint density at radius 3 is 2.67 bits per heavy atom. The van der Waals surface area contributed by atoms with E-state index in [1.54, 1.807) is 0 Å². The molecule has 0 saturated carbocycles. The molecule has 140 valence electrons. The molecule has 1 aliphatic rings. The molecule has 5 nitrogen and oxygen atoms in total. The second-order valence-corrected chi connectivity index (χ2v) is 7.08.